The Hall–Kier alpha value is -2.02. The molecule has 1 atom stereocenters. The highest BCUT2D eigenvalue weighted by molar-refractivity contribution is 8.65. The van der Waals surface area contributed by atoms with Crippen LogP contribution < -0.4 is 25.2 Å². The van der Waals surface area contributed by atoms with Gasteiger partial charge < -0.3 is 19.9 Å². The highest BCUT2D eigenvalue weighted by Gasteiger charge is 2.28. The van der Waals surface area contributed by atoms with Gasteiger partial charge in [0.05, 0.1) is 12.5 Å². The summed E-state index contributed by atoms with van der Waals surface area (Å²) in [6.45, 7) is 8.33. The van der Waals surface area contributed by atoms with Crippen molar-refractivity contribution in [3.8, 4) is 5.75 Å². The number of rotatable bonds is 5. The number of thiol groups is 1. The summed E-state index contributed by atoms with van der Waals surface area (Å²) in [7, 11) is 1.68. The maximum absolute atomic E-state index is 5.91. The Balaban J connectivity index is 0.000000201. The Bertz CT molecular complexity index is 1070. The largest absolute Gasteiger partial charge is 0.497 e. The van der Waals surface area contributed by atoms with Gasteiger partial charge in [-0.15, -0.1) is 12.2 Å². The van der Waals surface area contributed by atoms with Crippen LogP contribution in [0.2, 0.25) is 0 Å². The molecule has 1 N–H and O–H groups in total. The number of ether oxygens (including phenoxy) is 1. The molecule has 0 spiro atoms. The quantitative estimate of drug-likeness (QED) is 0.377. The molecule has 8 heteroatoms. The summed E-state index contributed by atoms with van der Waals surface area (Å²) < 4.78 is 7.59. The first-order chi connectivity index (χ1) is 17.1. The molecular weight excluding hydrogens is 491 g/mol. The Morgan fingerprint density at radius 2 is 1.20 bits per heavy atom. The van der Waals surface area contributed by atoms with Gasteiger partial charge in [0, 0.05) is 69.0 Å². The standard InChI is InChI=1S/C17H21N2OPS2.C10H14N2/c1-20-16-7-9-17(10-8-16)21(22,23)19-13-11-18(12-14-19)15-5-3-2-4-6-15;1-2-4-10(5-3-1)12-8-6-11-7-9-12/h2-10H,11-14H2,1H3,(H,22,23);1-5,11H,6-9H2. The summed E-state index contributed by atoms with van der Waals surface area (Å²) in [6.07, 6.45) is 0. The topological polar surface area (TPSA) is 31.0 Å². The van der Waals surface area contributed by atoms with Crippen LogP contribution in [-0.4, -0.2) is 64.1 Å². The zero-order valence-corrected chi connectivity index (χ0v) is 22.9. The van der Waals surface area contributed by atoms with Crippen LogP contribution in [-0.2, 0) is 11.8 Å². The summed E-state index contributed by atoms with van der Waals surface area (Å²) in [5.41, 5.74) is 2.63. The number of para-hydroxylation sites is 2. The summed E-state index contributed by atoms with van der Waals surface area (Å²) in [6, 6.07) is 29.2. The first kappa shape index (κ1) is 26.1. The van der Waals surface area contributed by atoms with Crippen molar-refractivity contribution in [1.29, 1.82) is 0 Å². The van der Waals surface area contributed by atoms with Crippen LogP contribution in [0, 0.1) is 0 Å². The number of benzene rings is 3. The van der Waals surface area contributed by atoms with Crippen molar-refractivity contribution in [3.05, 3.63) is 84.9 Å². The molecule has 0 radical (unpaired) electrons. The fourth-order valence-corrected chi connectivity index (χ4v) is 7.74. The van der Waals surface area contributed by atoms with Gasteiger partial charge in [-0.1, -0.05) is 48.2 Å². The van der Waals surface area contributed by atoms with Gasteiger partial charge in [0.1, 0.15) is 5.75 Å². The van der Waals surface area contributed by atoms with E-state index in [1.165, 1.54) is 11.4 Å². The normalized spacial score (nSPS) is 18.2. The van der Waals surface area contributed by atoms with E-state index in [4.69, 9.17) is 28.8 Å². The second-order valence-corrected chi connectivity index (χ2v) is 14.9. The SMILES string of the molecule is COc1ccc(P(=S)(S)N2CCN(c3ccccc3)CC2)cc1.c1ccc(N2CCNCC2)cc1. The van der Waals surface area contributed by atoms with Crippen molar-refractivity contribution < 1.29 is 4.74 Å². The molecule has 3 aromatic rings. The number of hydrogen-bond acceptors (Lipinski definition) is 5. The van der Waals surface area contributed by atoms with Gasteiger partial charge in [-0.05, 0) is 48.5 Å². The fourth-order valence-electron chi connectivity index (χ4n) is 4.37. The number of nitrogens with one attached hydrogen (secondary N) is 1. The first-order valence-electron chi connectivity index (χ1n) is 12.1. The number of anilines is 2. The van der Waals surface area contributed by atoms with Gasteiger partial charge in [0.15, 0.2) is 0 Å². The molecule has 2 fully saturated rings. The lowest BCUT2D eigenvalue weighted by molar-refractivity contribution is 0.414. The molecule has 0 bridgehead atoms. The van der Waals surface area contributed by atoms with E-state index < -0.39 is 5.39 Å². The minimum absolute atomic E-state index is 0.853. The third-order valence-electron chi connectivity index (χ3n) is 6.41. The predicted molar refractivity (Wildman–Crippen MR) is 158 cm³/mol. The summed E-state index contributed by atoms with van der Waals surface area (Å²) in [5.74, 6) is 0.853. The third kappa shape index (κ3) is 7.02. The van der Waals surface area contributed by atoms with E-state index >= 15 is 0 Å². The van der Waals surface area contributed by atoms with Crippen molar-refractivity contribution in [3.63, 3.8) is 0 Å². The van der Waals surface area contributed by atoms with E-state index in [1.807, 2.05) is 12.1 Å². The van der Waals surface area contributed by atoms with Gasteiger partial charge in [-0.2, -0.15) is 0 Å². The molecule has 5 rings (SSSR count). The molecule has 0 saturated carbocycles. The minimum atomic E-state index is -1.99. The number of hydrogen-bond donors (Lipinski definition) is 2. The first-order valence-corrected chi connectivity index (χ1v) is 16.0. The van der Waals surface area contributed by atoms with E-state index in [-0.39, 0.29) is 0 Å². The Kier molecular flexibility index (Phi) is 9.52. The minimum Gasteiger partial charge on any atom is -0.497 e. The monoisotopic (exact) mass is 526 g/mol. The van der Waals surface area contributed by atoms with Gasteiger partial charge in [0.25, 0.3) is 0 Å². The predicted octanol–water partition coefficient (Wildman–Crippen LogP) is 4.48. The van der Waals surface area contributed by atoms with Gasteiger partial charge >= 0.3 is 0 Å². The summed E-state index contributed by atoms with van der Waals surface area (Å²) in [4.78, 5) is 4.82. The van der Waals surface area contributed by atoms with Crippen LogP contribution in [0.25, 0.3) is 0 Å². The Labute approximate surface area is 220 Å². The zero-order valence-electron chi connectivity index (χ0n) is 20.3. The maximum atomic E-state index is 5.91. The lowest BCUT2D eigenvalue weighted by Gasteiger charge is -2.40. The molecule has 186 valence electrons. The van der Waals surface area contributed by atoms with E-state index in [1.54, 1.807) is 7.11 Å². The molecule has 0 aliphatic carbocycles. The second-order valence-electron chi connectivity index (χ2n) is 8.59. The van der Waals surface area contributed by atoms with E-state index in [9.17, 15) is 0 Å². The summed E-state index contributed by atoms with van der Waals surface area (Å²) in [5, 5.41) is 2.48. The van der Waals surface area contributed by atoms with E-state index in [2.05, 4.69) is 92.6 Å². The molecule has 1 unspecified atom stereocenters. The summed E-state index contributed by atoms with van der Waals surface area (Å²) >= 11 is 10.8. The van der Waals surface area contributed by atoms with Crippen molar-refractivity contribution in [2.45, 2.75) is 0 Å². The average Bonchev–Trinajstić information content (AvgIpc) is 2.95. The fraction of sp³-hybridized carbons (Fsp3) is 0.333. The zero-order chi connectivity index (χ0) is 24.5. The molecule has 3 aromatic carbocycles. The smallest absolute Gasteiger partial charge is 0.118 e. The number of methoxy groups -OCH3 is 1. The van der Waals surface area contributed by atoms with Crippen molar-refractivity contribution in [2.75, 3.05) is 69.3 Å². The van der Waals surface area contributed by atoms with Crippen molar-refractivity contribution in [1.82, 2.24) is 9.99 Å². The van der Waals surface area contributed by atoms with E-state index in [0.29, 0.717) is 0 Å². The molecule has 2 aliphatic rings. The van der Waals surface area contributed by atoms with Crippen LogP contribution in [0.1, 0.15) is 0 Å². The van der Waals surface area contributed by atoms with Crippen LogP contribution in [0.3, 0.4) is 0 Å². The molecule has 2 saturated heterocycles. The molecule has 2 aliphatic heterocycles. The van der Waals surface area contributed by atoms with Gasteiger partial charge in [-0.25, -0.2) is 0 Å². The van der Waals surface area contributed by atoms with Crippen LogP contribution >= 0.6 is 17.6 Å². The van der Waals surface area contributed by atoms with E-state index in [0.717, 1.165) is 63.4 Å². The van der Waals surface area contributed by atoms with Crippen molar-refractivity contribution in [2.24, 2.45) is 0 Å². The highest BCUT2D eigenvalue weighted by atomic mass is 32.9. The Morgan fingerprint density at radius 1 is 0.714 bits per heavy atom. The maximum Gasteiger partial charge on any atom is 0.118 e. The number of piperazine rings is 2. The molecule has 0 aromatic heterocycles. The number of nitrogens with zero attached hydrogens (tertiary/aromatic N) is 3. The molecule has 0 amide bonds. The van der Waals surface area contributed by atoms with Crippen LogP contribution in [0.5, 0.6) is 5.75 Å². The Morgan fingerprint density at radius 3 is 1.69 bits per heavy atom. The van der Waals surface area contributed by atoms with Crippen LogP contribution in [0.4, 0.5) is 11.4 Å². The molecular formula is C27H35N4OPS2. The molecule has 35 heavy (non-hydrogen) atoms. The van der Waals surface area contributed by atoms with Gasteiger partial charge in [0.2, 0.25) is 0 Å². The third-order valence-corrected chi connectivity index (χ3v) is 11.3. The lowest BCUT2D eigenvalue weighted by atomic mass is 10.2. The highest BCUT2D eigenvalue weighted by Crippen LogP contribution is 2.53. The second kappa shape index (κ2) is 12.8. The van der Waals surface area contributed by atoms with Crippen LogP contribution in [0.15, 0.2) is 84.9 Å². The van der Waals surface area contributed by atoms with Crippen molar-refractivity contribution >= 4 is 46.1 Å². The average molecular weight is 527 g/mol. The lowest BCUT2D eigenvalue weighted by Crippen LogP contribution is -2.45. The molecule has 5 nitrogen and oxygen atoms in total. The van der Waals surface area contributed by atoms with Gasteiger partial charge in [-0.3, -0.25) is 4.67 Å². The molecule has 2 heterocycles.